The maximum atomic E-state index is 12.9. The summed E-state index contributed by atoms with van der Waals surface area (Å²) in [5.41, 5.74) is 0.946. The number of benzene rings is 1. The molecule has 1 aliphatic heterocycles. The van der Waals surface area contributed by atoms with E-state index >= 15 is 0 Å². The van der Waals surface area contributed by atoms with Crippen LogP contribution < -0.4 is 15.4 Å². The number of hydrogen-bond acceptors (Lipinski definition) is 7. The van der Waals surface area contributed by atoms with Crippen LogP contribution in [0.2, 0.25) is 0 Å². The lowest BCUT2D eigenvalue weighted by Gasteiger charge is -2.20. The summed E-state index contributed by atoms with van der Waals surface area (Å²) >= 11 is 0. The number of nitrogens with zero attached hydrogens (tertiary/aromatic N) is 4. The number of aryl methyl sites for hydroxylation is 1. The Kier molecular flexibility index (Phi) is 5.79. The fraction of sp³-hybridized carbons (Fsp3) is 0.529. The van der Waals surface area contributed by atoms with Crippen LogP contribution in [-0.2, 0) is 11.2 Å². The second-order valence-corrected chi connectivity index (χ2v) is 6.47. The Morgan fingerprint density at radius 3 is 3.00 bits per heavy atom. The Balaban J connectivity index is 1.74. The van der Waals surface area contributed by atoms with Gasteiger partial charge in [-0.15, -0.1) is 5.10 Å². The van der Waals surface area contributed by atoms with Gasteiger partial charge in [-0.1, -0.05) is 12.1 Å². The van der Waals surface area contributed by atoms with Gasteiger partial charge in [0.2, 0.25) is 5.91 Å². The zero-order valence-corrected chi connectivity index (χ0v) is 14.9. The molecular formula is C17H24N6O3. The van der Waals surface area contributed by atoms with Crippen LogP contribution >= 0.6 is 0 Å². The summed E-state index contributed by atoms with van der Waals surface area (Å²) in [6.07, 6.45) is -0.0117. The third-order valence-electron chi connectivity index (χ3n) is 4.66. The van der Waals surface area contributed by atoms with Gasteiger partial charge in [-0.2, -0.15) is 0 Å². The molecule has 2 heterocycles. The number of β-amino-alcohol motifs (C(OH)–C–C–N with tert-alkyl or cyclic N) is 1. The molecule has 1 amide bonds. The van der Waals surface area contributed by atoms with Crippen LogP contribution in [0.3, 0.4) is 0 Å². The van der Waals surface area contributed by atoms with Gasteiger partial charge in [0.25, 0.3) is 0 Å². The fourth-order valence-electron chi connectivity index (χ4n) is 3.12. The van der Waals surface area contributed by atoms with E-state index < -0.39 is 12.1 Å². The van der Waals surface area contributed by atoms with E-state index in [-0.39, 0.29) is 11.8 Å². The molecule has 3 N–H and O–H groups in total. The van der Waals surface area contributed by atoms with Crippen molar-refractivity contribution in [3.63, 3.8) is 0 Å². The number of amides is 1. The van der Waals surface area contributed by atoms with Crippen molar-refractivity contribution >= 4 is 5.91 Å². The first-order valence-electron chi connectivity index (χ1n) is 8.62. The average Bonchev–Trinajstić information content (AvgIpc) is 3.26. The van der Waals surface area contributed by atoms with Gasteiger partial charge in [0.1, 0.15) is 17.6 Å². The number of carbonyl (C=O) groups excluding carboxylic acids is 1. The quantitative estimate of drug-likeness (QED) is 0.608. The molecule has 9 nitrogen and oxygen atoms in total. The summed E-state index contributed by atoms with van der Waals surface area (Å²) in [5, 5.41) is 27.5. The number of nitrogens with one attached hydrogen (secondary N) is 2. The molecule has 3 unspecified atom stereocenters. The fourth-order valence-corrected chi connectivity index (χ4v) is 3.12. The molecule has 0 bridgehead atoms. The second-order valence-electron chi connectivity index (χ2n) is 6.47. The van der Waals surface area contributed by atoms with Gasteiger partial charge in [0, 0.05) is 32.0 Å². The van der Waals surface area contributed by atoms with Crippen molar-refractivity contribution in [2.45, 2.75) is 25.5 Å². The lowest BCUT2D eigenvalue weighted by atomic mass is 10.0. The first kappa shape index (κ1) is 18.3. The summed E-state index contributed by atoms with van der Waals surface area (Å²) < 4.78 is 6.78. The number of aromatic nitrogens is 4. The van der Waals surface area contributed by atoms with Crippen LogP contribution in [0.1, 0.15) is 17.4 Å². The molecule has 1 fully saturated rings. The molecule has 2 aromatic rings. The molecule has 3 atom stereocenters. The lowest BCUT2D eigenvalue weighted by Crippen LogP contribution is -2.40. The third-order valence-corrected chi connectivity index (χ3v) is 4.66. The van der Waals surface area contributed by atoms with Gasteiger partial charge in [-0.25, -0.2) is 4.68 Å². The molecular weight excluding hydrogens is 336 g/mol. The Morgan fingerprint density at radius 1 is 1.50 bits per heavy atom. The minimum atomic E-state index is -0.580. The van der Waals surface area contributed by atoms with Crippen molar-refractivity contribution in [3.05, 3.63) is 35.7 Å². The molecule has 1 aromatic carbocycles. The zero-order valence-electron chi connectivity index (χ0n) is 14.9. The number of methoxy groups -OCH3 is 1. The minimum absolute atomic E-state index is 0.00591. The van der Waals surface area contributed by atoms with Crippen molar-refractivity contribution in [2.24, 2.45) is 5.92 Å². The molecule has 0 radical (unpaired) electrons. The van der Waals surface area contributed by atoms with E-state index in [1.165, 1.54) is 4.68 Å². The summed E-state index contributed by atoms with van der Waals surface area (Å²) in [7, 11) is 1.61. The highest BCUT2D eigenvalue weighted by Crippen LogP contribution is 2.19. The Morgan fingerprint density at radius 2 is 2.35 bits per heavy atom. The summed E-state index contributed by atoms with van der Waals surface area (Å²) in [4.78, 5) is 12.9. The van der Waals surface area contributed by atoms with Crippen LogP contribution in [0.4, 0.5) is 0 Å². The number of carbonyl (C=O) groups is 1. The maximum absolute atomic E-state index is 12.9. The van der Waals surface area contributed by atoms with Gasteiger partial charge in [0.05, 0.1) is 13.2 Å². The van der Waals surface area contributed by atoms with Gasteiger partial charge in [-0.3, -0.25) is 4.79 Å². The van der Waals surface area contributed by atoms with Crippen molar-refractivity contribution in [3.8, 4) is 5.75 Å². The molecule has 0 spiro atoms. The van der Waals surface area contributed by atoms with Gasteiger partial charge in [-0.05, 0) is 35.0 Å². The van der Waals surface area contributed by atoms with E-state index in [0.717, 1.165) is 11.3 Å². The van der Waals surface area contributed by atoms with Gasteiger partial charge in [0.15, 0.2) is 0 Å². The minimum Gasteiger partial charge on any atom is -0.497 e. The van der Waals surface area contributed by atoms with Crippen LogP contribution in [0.25, 0.3) is 0 Å². The number of ether oxygens (including phenoxy) is 1. The molecule has 9 heteroatoms. The Hall–Kier alpha value is -2.52. The monoisotopic (exact) mass is 360 g/mol. The largest absolute Gasteiger partial charge is 0.497 e. The topological polar surface area (TPSA) is 114 Å². The van der Waals surface area contributed by atoms with Gasteiger partial charge >= 0.3 is 0 Å². The highest BCUT2D eigenvalue weighted by atomic mass is 16.5. The number of aliphatic hydroxyl groups excluding tert-OH is 1. The van der Waals surface area contributed by atoms with Crippen LogP contribution in [-0.4, -0.2) is 64.1 Å². The van der Waals surface area contributed by atoms with Crippen LogP contribution in [0, 0.1) is 12.8 Å². The number of tetrazole rings is 1. The summed E-state index contributed by atoms with van der Waals surface area (Å²) in [6.45, 7) is 3.41. The number of rotatable bonds is 7. The predicted octanol–water partition coefficient (Wildman–Crippen LogP) is -0.530. The molecule has 1 saturated heterocycles. The third kappa shape index (κ3) is 4.17. The standard InChI is InChI=1S/C17H24N6O3/c1-11-20-21-22-23(11)15(7-12-4-3-5-14(6-12)26-2)17(25)19-9-13-8-18-10-16(13)24/h3-6,13,15-16,18,24H,7-10H2,1-2H3,(H,19,25). The molecule has 26 heavy (non-hydrogen) atoms. The first-order valence-corrected chi connectivity index (χ1v) is 8.62. The SMILES string of the molecule is COc1cccc(CC(C(=O)NCC2CNCC2O)n2nnnc2C)c1. The highest BCUT2D eigenvalue weighted by Gasteiger charge is 2.28. The predicted molar refractivity (Wildman–Crippen MR) is 93.7 cm³/mol. The number of aliphatic hydroxyl groups is 1. The normalized spacial score (nSPS) is 20.7. The smallest absolute Gasteiger partial charge is 0.245 e. The highest BCUT2D eigenvalue weighted by molar-refractivity contribution is 5.80. The molecule has 1 aliphatic rings. The Bertz CT molecular complexity index is 750. The number of hydrogen-bond donors (Lipinski definition) is 3. The molecule has 0 aliphatic carbocycles. The van der Waals surface area contributed by atoms with Crippen LogP contribution in [0.5, 0.6) is 5.75 Å². The maximum Gasteiger partial charge on any atom is 0.245 e. The summed E-state index contributed by atoms with van der Waals surface area (Å²) in [6, 6.07) is 6.99. The van der Waals surface area contributed by atoms with E-state index in [1.807, 2.05) is 24.3 Å². The second kappa shape index (κ2) is 8.24. The molecule has 0 saturated carbocycles. The van der Waals surface area contributed by atoms with Crippen molar-refractivity contribution in [1.82, 2.24) is 30.8 Å². The van der Waals surface area contributed by atoms with Crippen molar-refractivity contribution in [1.29, 1.82) is 0 Å². The average molecular weight is 360 g/mol. The van der Waals surface area contributed by atoms with E-state index in [2.05, 4.69) is 26.2 Å². The van der Waals surface area contributed by atoms with Gasteiger partial charge < -0.3 is 20.5 Å². The van der Waals surface area contributed by atoms with E-state index in [4.69, 9.17) is 4.74 Å². The molecule has 140 valence electrons. The van der Waals surface area contributed by atoms with E-state index in [1.54, 1.807) is 14.0 Å². The Labute approximate surface area is 151 Å². The van der Waals surface area contributed by atoms with E-state index in [9.17, 15) is 9.90 Å². The first-order chi connectivity index (χ1) is 12.6. The van der Waals surface area contributed by atoms with E-state index in [0.29, 0.717) is 31.9 Å². The van der Waals surface area contributed by atoms with Crippen molar-refractivity contribution in [2.75, 3.05) is 26.7 Å². The van der Waals surface area contributed by atoms with Crippen LogP contribution in [0.15, 0.2) is 24.3 Å². The summed E-state index contributed by atoms with van der Waals surface area (Å²) in [5.74, 6) is 1.12. The lowest BCUT2D eigenvalue weighted by molar-refractivity contribution is -0.125. The molecule has 1 aromatic heterocycles. The zero-order chi connectivity index (χ0) is 18.5. The van der Waals surface area contributed by atoms with Crippen molar-refractivity contribution < 1.29 is 14.6 Å². The molecule has 3 rings (SSSR count).